The van der Waals surface area contributed by atoms with Gasteiger partial charge in [0.15, 0.2) is 0 Å². The topological polar surface area (TPSA) is 26.3 Å². The summed E-state index contributed by atoms with van der Waals surface area (Å²) in [5, 5.41) is 0. The lowest BCUT2D eigenvalue weighted by Crippen LogP contribution is -2.62. The van der Waals surface area contributed by atoms with Gasteiger partial charge in [-0.25, -0.2) is 0 Å². The van der Waals surface area contributed by atoms with Gasteiger partial charge in [-0.3, -0.25) is 4.57 Å². The molecule has 0 aliphatic heterocycles. The Hall–Kier alpha value is -0.150. The van der Waals surface area contributed by atoms with Crippen molar-refractivity contribution in [3.8, 4) is 0 Å². The molecule has 0 aromatic carbocycles. The first kappa shape index (κ1) is 18.9. The van der Waals surface area contributed by atoms with Crippen molar-refractivity contribution in [3.05, 3.63) is 0 Å². The fraction of sp³-hybridized carbons (Fsp3) is 1.00. The molecule has 1 atom stereocenters. The number of halogens is 10. The van der Waals surface area contributed by atoms with Crippen molar-refractivity contribution in [2.75, 3.05) is 13.3 Å². The molecule has 0 saturated carbocycles. The fourth-order valence-electron chi connectivity index (χ4n) is 0.695. The third-order valence-electron chi connectivity index (χ3n) is 1.69. The van der Waals surface area contributed by atoms with E-state index in [2.05, 4.69) is 4.52 Å². The van der Waals surface area contributed by atoms with Gasteiger partial charge in [0.2, 0.25) is 0 Å². The summed E-state index contributed by atoms with van der Waals surface area (Å²) >= 11 is 4.74. The minimum atomic E-state index is -7.00. The molecule has 0 fully saturated rings. The SMILES string of the molecule is CP(=O)(Cl)OCC(F)(F)C(F)(F)C(F)(F)C(F)(F)F. The van der Waals surface area contributed by atoms with Gasteiger partial charge in [0.05, 0.1) is 0 Å². The number of rotatable bonds is 5. The van der Waals surface area contributed by atoms with E-state index < -0.39 is 37.3 Å². The molecule has 0 radical (unpaired) electrons. The van der Waals surface area contributed by atoms with Crippen molar-refractivity contribution >= 4 is 18.0 Å². The van der Waals surface area contributed by atoms with E-state index in [1.54, 1.807) is 0 Å². The highest BCUT2D eigenvalue weighted by molar-refractivity contribution is 7.84. The lowest BCUT2D eigenvalue weighted by Gasteiger charge is -2.33. The molecule has 0 bridgehead atoms. The highest BCUT2D eigenvalue weighted by Crippen LogP contribution is 2.55. The Kier molecular flexibility index (Phi) is 4.96. The zero-order valence-corrected chi connectivity index (χ0v) is 10.4. The molecule has 0 heterocycles. The van der Waals surface area contributed by atoms with E-state index in [1.807, 2.05) is 0 Å². The fourth-order valence-corrected chi connectivity index (χ4v) is 1.23. The predicted molar refractivity (Wildman–Crippen MR) is 46.2 cm³/mol. The summed E-state index contributed by atoms with van der Waals surface area (Å²) in [4.78, 5) is 0. The maximum absolute atomic E-state index is 12.7. The maximum atomic E-state index is 12.7. The van der Waals surface area contributed by atoms with Crippen LogP contribution in [0.25, 0.3) is 0 Å². The second-order valence-corrected chi connectivity index (χ2v) is 6.97. The average Bonchev–Trinajstić information content (AvgIpc) is 2.11. The smallest absolute Gasteiger partial charge is 0.311 e. The summed E-state index contributed by atoms with van der Waals surface area (Å²) in [6.07, 6.45) is -6.91. The molecule has 0 aliphatic carbocycles. The summed E-state index contributed by atoms with van der Waals surface area (Å²) in [5.41, 5.74) is 0. The van der Waals surface area contributed by atoms with Gasteiger partial charge >= 0.3 is 23.9 Å². The molecule has 0 spiro atoms. The third kappa shape index (κ3) is 3.91. The first-order valence-corrected chi connectivity index (χ1v) is 7.05. The molecule has 13 heteroatoms. The third-order valence-corrected chi connectivity index (χ3v) is 2.57. The van der Waals surface area contributed by atoms with Crippen LogP contribution in [0, 0.1) is 0 Å². The molecular weight excluding hydrogens is 341 g/mol. The van der Waals surface area contributed by atoms with E-state index in [4.69, 9.17) is 11.2 Å². The summed E-state index contributed by atoms with van der Waals surface area (Å²) in [7, 11) is 0. The Morgan fingerprint density at radius 2 is 1.32 bits per heavy atom. The van der Waals surface area contributed by atoms with Gasteiger partial charge in [0, 0.05) is 6.66 Å². The van der Waals surface area contributed by atoms with Crippen molar-refractivity contribution in [3.63, 3.8) is 0 Å². The maximum Gasteiger partial charge on any atom is 0.460 e. The van der Waals surface area contributed by atoms with E-state index in [0.29, 0.717) is 6.66 Å². The Balaban J connectivity index is 5.34. The quantitative estimate of drug-likeness (QED) is 0.540. The molecule has 19 heavy (non-hydrogen) atoms. The molecule has 0 aromatic heterocycles. The molecule has 1 unspecified atom stereocenters. The van der Waals surface area contributed by atoms with Gasteiger partial charge in [0.25, 0.3) is 6.72 Å². The Morgan fingerprint density at radius 3 is 1.58 bits per heavy atom. The summed E-state index contributed by atoms with van der Waals surface area (Å²) < 4.78 is 124. The summed E-state index contributed by atoms with van der Waals surface area (Å²) in [5.74, 6) is -19.7. The molecule has 0 rings (SSSR count). The lowest BCUT2D eigenvalue weighted by atomic mass is 10.1. The molecule has 0 N–H and O–H groups in total. The van der Waals surface area contributed by atoms with Crippen molar-refractivity contribution in [2.45, 2.75) is 23.9 Å². The number of hydrogen-bond donors (Lipinski definition) is 0. The lowest BCUT2D eigenvalue weighted by molar-refractivity contribution is -0.398. The molecule has 0 amide bonds. The minimum absolute atomic E-state index is 0.463. The van der Waals surface area contributed by atoms with Crippen LogP contribution < -0.4 is 0 Å². The average molecular weight is 347 g/mol. The van der Waals surface area contributed by atoms with Gasteiger partial charge in [-0.1, -0.05) is 0 Å². The van der Waals surface area contributed by atoms with Crippen molar-refractivity contribution < 1.29 is 48.6 Å². The minimum Gasteiger partial charge on any atom is -0.311 e. The predicted octanol–water partition coefficient (Wildman–Crippen LogP) is 4.53. The van der Waals surface area contributed by atoms with Crippen LogP contribution in [0.15, 0.2) is 0 Å². The van der Waals surface area contributed by atoms with Crippen LogP contribution >= 0.6 is 18.0 Å². The Morgan fingerprint density at radius 1 is 0.947 bits per heavy atom. The molecule has 116 valence electrons. The van der Waals surface area contributed by atoms with Crippen LogP contribution in [0.3, 0.4) is 0 Å². The zero-order valence-electron chi connectivity index (χ0n) is 8.75. The van der Waals surface area contributed by atoms with Crippen LogP contribution in [0.1, 0.15) is 0 Å². The molecular formula is C6H5ClF9O2P. The first-order chi connectivity index (χ1) is 7.96. The van der Waals surface area contributed by atoms with Crippen molar-refractivity contribution in [1.82, 2.24) is 0 Å². The summed E-state index contributed by atoms with van der Waals surface area (Å²) in [6, 6.07) is 0. The van der Waals surface area contributed by atoms with Gasteiger partial charge in [-0.15, -0.1) is 0 Å². The number of alkyl halides is 9. The molecule has 0 saturated heterocycles. The normalized spacial score (nSPS) is 18.3. The van der Waals surface area contributed by atoms with Crippen LogP contribution in [-0.4, -0.2) is 37.2 Å². The molecule has 0 aliphatic rings. The molecule has 2 nitrogen and oxygen atoms in total. The largest absolute Gasteiger partial charge is 0.460 e. The van der Waals surface area contributed by atoms with Crippen LogP contribution in [0.2, 0.25) is 0 Å². The van der Waals surface area contributed by atoms with E-state index in [0.717, 1.165) is 0 Å². The standard InChI is InChI=1S/C6H5ClF9O2P/c1-19(7,17)18-2-3(8,9)4(10,11)5(12,13)6(14,15)16/h2H2,1H3. The van der Waals surface area contributed by atoms with Gasteiger partial charge in [-0.05, 0) is 11.2 Å². The van der Waals surface area contributed by atoms with Gasteiger partial charge < -0.3 is 4.52 Å². The monoisotopic (exact) mass is 346 g/mol. The summed E-state index contributed by atoms with van der Waals surface area (Å²) in [6.45, 7) is -6.49. The first-order valence-electron chi connectivity index (χ1n) is 4.07. The highest BCUT2D eigenvalue weighted by Gasteiger charge is 2.81. The van der Waals surface area contributed by atoms with Crippen LogP contribution in [0.4, 0.5) is 39.5 Å². The van der Waals surface area contributed by atoms with Crippen LogP contribution in [0.5, 0.6) is 0 Å². The van der Waals surface area contributed by atoms with Crippen LogP contribution in [-0.2, 0) is 9.09 Å². The highest BCUT2D eigenvalue weighted by atomic mass is 35.7. The van der Waals surface area contributed by atoms with E-state index >= 15 is 0 Å². The van der Waals surface area contributed by atoms with Gasteiger partial charge in [0.1, 0.15) is 6.61 Å². The van der Waals surface area contributed by atoms with E-state index in [9.17, 15) is 44.1 Å². The van der Waals surface area contributed by atoms with Gasteiger partial charge in [-0.2, -0.15) is 39.5 Å². The van der Waals surface area contributed by atoms with Crippen molar-refractivity contribution in [1.29, 1.82) is 0 Å². The number of hydrogen-bond acceptors (Lipinski definition) is 2. The molecule has 0 aromatic rings. The zero-order chi connectivity index (χ0) is 15.9. The Labute approximate surface area is 105 Å². The Bertz CT molecular complexity index is 373. The second-order valence-electron chi connectivity index (χ2n) is 3.37. The van der Waals surface area contributed by atoms with Crippen molar-refractivity contribution in [2.24, 2.45) is 0 Å². The second kappa shape index (κ2) is 5.00. The van der Waals surface area contributed by atoms with E-state index in [-0.39, 0.29) is 0 Å². The van der Waals surface area contributed by atoms with E-state index in [1.165, 1.54) is 0 Å².